The smallest absolute Gasteiger partial charge is 0.203 e. The lowest BCUT2D eigenvalue weighted by atomic mass is 9.72. The summed E-state index contributed by atoms with van der Waals surface area (Å²) >= 11 is 0. The maximum absolute atomic E-state index is 14.1. The number of rotatable bonds is 8. The molecule has 1 saturated carbocycles. The number of fused-ring (bicyclic) bond motifs is 2. The second-order valence-electron chi connectivity index (χ2n) is 9.70. The summed E-state index contributed by atoms with van der Waals surface area (Å²) in [6, 6.07) is 14.9. The third-order valence-electron chi connectivity index (χ3n) is 7.65. The number of nitrogens with zero attached hydrogens (tertiary/aromatic N) is 1. The lowest BCUT2D eigenvalue weighted by Crippen LogP contribution is -2.39. The molecule has 3 aromatic carbocycles. The Morgan fingerprint density at radius 3 is 1.98 bits per heavy atom. The Bertz CT molecular complexity index is 1430. The van der Waals surface area contributed by atoms with E-state index in [1.807, 2.05) is 42.5 Å². The largest absolute Gasteiger partial charge is 0.496 e. The average molecular weight is 547 g/mol. The molecule has 210 valence electrons. The fraction of sp³-hybridized carbons (Fsp3) is 0.355. The number of nitrogens with one attached hydrogen (secondary N) is 1. The van der Waals surface area contributed by atoms with Crippen LogP contribution in [0.25, 0.3) is 0 Å². The number of aliphatic imine (C=N–C) groups is 1. The van der Waals surface area contributed by atoms with E-state index in [1.165, 1.54) is 0 Å². The molecular weight excluding hydrogens is 512 g/mol. The van der Waals surface area contributed by atoms with E-state index >= 15 is 0 Å². The molecule has 0 aromatic heterocycles. The third kappa shape index (κ3) is 4.76. The van der Waals surface area contributed by atoms with Gasteiger partial charge in [-0.3, -0.25) is 9.79 Å². The summed E-state index contributed by atoms with van der Waals surface area (Å²) in [7, 11) is 9.51. The van der Waals surface area contributed by atoms with Crippen molar-refractivity contribution in [2.45, 2.75) is 24.8 Å². The average Bonchev–Trinajstić information content (AvgIpc) is 3.16. The highest BCUT2D eigenvalue weighted by atomic mass is 16.5. The quantitative estimate of drug-likeness (QED) is 0.382. The van der Waals surface area contributed by atoms with E-state index in [-0.39, 0.29) is 11.7 Å². The van der Waals surface area contributed by atoms with E-state index in [4.69, 9.17) is 33.4 Å². The number of carbonyl (C=O) groups is 1. The van der Waals surface area contributed by atoms with Crippen molar-refractivity contribution < 1.29 is 33.2 Å². The Kier molecular flexibility index (Phi) is 7.73. The molecule has 5 rings (SSSR count). The number of anilines is 1. The zero-order chi connectivity index (χ0) is 28.4. The van der Waals surface area contributed by atoms with Crippen LogP contribution in [0.2, 0.25) is 0 Å². The van der Waals surface area contributed by atoms with Gasteiger partial charge in [-0.15, -0.1) is 0 Å². The summed E-state index contributed by atoms with van der Waals surface area (Å²) in [5, 5.41) is 3.61. The molecule has 40 heavy (non-hydrogen) atoms. The number of ketones is 1. The van der Waals surface area contributed by atoms with Gasteiger partial charge in [0.05, 0.1) is 66.0 Å². The van der Waals surface area contributed by atoms with Gasteiger partial charge in [-0.1, -0.05) is 12.1 Å². The lowest BCUT2D eigenvalue weighted by Gasteiger charge is -2.34. The minimum atomic E-state index is -0.516. The summed E-state index contributed by atoms with van der Waals surface area (Å²) < 4.78 is 33.6. The molecule has 9 heteroatoms. The Balaban J connectivity index is 1.62. The summed E-state index contributed by atoms with van der Waals surface area (Å²) in [6.45, 7) is 0. The first-order valence-electron chi connectivity index (χ1n) is 13.0. The molecule has 3 atom stereocenters. The van der Waals surface area contributed by atoms with Crippen LogP contribution < -0.4 is 33.7 Å². The van der Waals surface area contributed by atoms with E-state index in [0.29, 0.717) is 47.3 Å². The highest BCUT2D eigenvalue weighted by molar-refractivity contribution is 6.11. The van der Waals surface area contributed by atoms with Crippen LogP contribution in [-0.4, -0.2) is 54.2 Å². The number of methoxy groups -OCH3 is 6. The first-order chi connectivity index (χ1) is 19.5. The Morgan fingerprint density at radius 2 is 1.35 bits per heavy atom. The molecule has 0 radical (unpaired) electrons. The zero-order valence-electron chi connectivity index (χ0n) is 23.6. The molecule has 1 heterocycles. The van der Waals surface area contributed by atoms with Gasteiger partial charge in [0, 0.05) is 23.8 Å². The van der Waals surface area contributed by atoms with Gasteiger partial charge >= 0.3 is 0 Å². The number of Topliss-reactive ketones (excluding diaryl/α,β-unsaturated/α-hetero) is 1. The highest BCUT2D eigenvalue weighted by Crippen LogP contribution is 2.49. The van der Waals surface area contributed by atoms with E-state index < -0.39 is 12.0 Å². The molecule has 1 N–H and O–H groups in total. The molecule has 0 amide bonds. The number of hydrogen-bond acceptors (Lipinski definition) is 9. The van der Waals surface area contributed by atoms with Crippen molar-refractivity contribution in [3.63, 3.8) is 0 Å². The number of ether oxygens (including phenoxy) is 6. The second kappa shape index (κ2) is 11.4. The summed E-state index contributed by atoms with van der Waals surface area (Å²) in [4.78, 5) is 19.2. The number of hydrogen-bond donors (Lipinski definition) is 1. The number of benzene rings is 3. The Morgan fingerprint density at radius 1 is 0.725 bits per heavy atom. The van der Waals surface area contributed by atoms with Crippen molar-refractivity contribution in [1.82, 2.24) is 0 Å². The van der Waals surface area contributed by atoms with Gasteiger partial charge < -0.3 is 33.7 Å². The van der Waals surface area contributed by atoms with Crippen molar-refractivity contribution in [2.24, 2.45) is 10.9 Å². The minimum Gasteiger partial charge on any atom is -0.496 e. The predicted molar refractivity (Wildman–Crippen MR) is 153 cm³/mol. The minimum absolute atomic E-state index is 0.0749. The van der Waals surface area contributed by atoms with Crippen molar-refractivity contribution >= 4 is 22.9 Å². The molecule has 3 aromatic rings. The van der Waals surface area contributed by atoms with Crippen LogP contribution in [0.5, 0.6) is 34.5 Å². The molecule has 0 saturated heterocycles. The molecular formula is C31H34N2O7. The lowest BCUT2D eigenvalue weighted by molar-refractivity contribution is -0.122. The van der Waals surface area contributed by atoms with Crippen molar-refractivity contribution in [3.8, 4) is 34.5 Å². The van der Waals surface area contributed by atoms with Crippen molar-refractivity contribution in [1.29, 1.82) is 0 Å². The van der Waals surface area contributed by atoms with Gasteiger partial charge in [0.2, 0.25) is 5.75 Å². The van der Waals surface area contributed by atoms with Gasteiger partial charge in [0.15, 0.2) is 23.0 Å². The maximum atomic E-state index is 14.1. The molecule has 0 spiro atoms. The Hall–Kier alpha value is -4.40. The predicted octanol–water partition coefficient (Wildman–Crippen LogP) is 5.74. The molecule has 1 aliphatic carbocycles. The topological polar surface area (TPSA) is 96.8 Å². The van der Waals surface area contributed by atoms with Gasteiger partial charge in [-0.25, -0.2) is 0 Å². The van der Waals surface area contributed by atoms with Gasteiger partial charge in [0.25, 0.3) is 0 Å². The fourth-order valence-corrected chi connectivity index (χ4v) is 5.73. The highest BCUT2D eigenvalue weighted by Gasteiger charge is 2.43. The van der Waals surface area contributed by atoms with Crippen LogP contribution in [0.15, 0.2) is 53.5 Å². The van der Waals surface area contributed by atoms with Crippen molar-refractivity contribution in [2.75, 3.05) is 48.0 Å². The SMILES string of the molecule is COc1cc(OC)c(C2Nc3ccccc3N=C3CC(c4cc(OC)c(OC)c(OC)c4)CC(=O)C32)cc1OC. The first-order valence-corrected chi connectivity index (χ1v) is 13.0. The summed E-state index contributed by atoms with van der Waals surface area (Å²) in [5.41, 5.74) is 4.13. The van der Waals surface area contributed by atoms with Crippen LogP contribution in [0.4, 0.5) is 11.4 Å². The van der Waals surface area contributed by atoms with Crippen LogP contribution in [-0.2, 0) is 4.79 Å². The van der Waals surface area contributed by atoms with Crippen LogP contribution in [0, 0.1) is 5.92 Å². The number of carbonyl (C=O) groups excluding carboxylic acids is 1. The molecule has 2 aliphatic rings. The fourth-order valence-electron chi connectivity index (χ4n) is 5.73. The zero-order valence-corrected chi connectivity index (χ0v) is 23.6. The van der Waals surface area contributed by atoms with Crippen LogP contribution in [0.1, 0.15) is 35.9 Å². The van der Waals surface area contributed by atoms with Gasteiger partial charge in [-0.2, -0.15) is 0 Å². The summed E-state index contributed by atoms with van der Waals surface area (Å²) in [6.07, 6.45) is 0.906. The molecule has 9 nitrogen and oxygen atoms in total. The Labute approximate surface area is 234 Å². The monoisotopic (exact) mass is 546 g/mol. The van der Waals surface area contributed by atoms with E-state index in [9.17, 15) is 4.79 Å². The van der Waals surface area contributed by atoms with E-state index in [2.05, 4.69) is 5.32 Å². The molecule has 0 bridgehead atoms. The molecule has 1 aliphatic heterocycles. The second-order valence-corrected chi connectivity index (χ2v) is 9.70. The number of para-hydroxylation sites is 2. The van der Waals surface area contributed by atoms with Gasteiger partial charge in [0.1, 0.15) is 11.5 Å². The normalized spacial score (nSPS) is 19.7. The van der Waals surface area contributed by atoms with Crippen LogP contribution in [0.3, 0.4) is 0 Å². The third-order valence-corrected chi connectivity index (χ3v) is 7.65. The van der Waals surface area contributed by atoms with Crippen LogP contribution >= 0.6 is 0 Å². The van der Waals surface area contributed by atoms with E-state index in [0.717, 1.165) is 28.2 Å². The van der Waals surface area contributed by atoms with E-state index in [1.54, 1.807) is 48.7 Å². The summed E-state index contributed by atoms with van der Waals surface area (Å²) in [5.74, 6) is 2.74. The van der Waals surface area contributed by atoms with Gasteiger partial charge in [-0.05, 0) is 48.2 Å². The van der Waals surface area contributed by atoms with Crippen molar-refractivity contribution in [3.05, 3.63) is 59.7 Å². The molecule has 3 unspecified atom stereocenters. The maximum Gasteiger partial charge on any atom is 0.203 e. The standard InChI is InChI=1S/C31H34N2O7/c1-35-24-16-26(37-3)25(36-2)15-19(24)30-29-22(32-20-9-7-8-10-21(20)33-30)11-17(12-23(29)34)18-13-27(38-4)31(40-6)28(14-18)39-5/h7-10,13-17,29-30,33H,11-12H2,1-6H3. The first kappa shape index (κ1) is 27.2. The molecule has 1 fully saturated rings.